The number of fused-ring (bicyclic) bond motifs is 1. The zero-order valence-electron chi connectivity index (χ0n) is 13.2. The first-order chi connectivity index (χ1) is 11.3. The minimum absolute atomic E-state index is 0.000220. The number of benzene rings is 2. The van der Waals surface area contributed by atoms with Gasteiger partial charge in [-0.05, 0) is 36.8 Å². The highest BCUT2D eigenvalue weighted by molar-refractivity contribution is 5.84. The van der Waals surface area contributed by atoms with Gasteiger partial charge in [0.2, 0.25) is 5.91 Å². The monoisotopic (exact) mass is 308 g/mol. The van der Waals surface area contributed by atoms with Gasteiger partial charge in [0.1, 0.15) is 12.3 Å². The van der Waals surface area contributed by atoms with Crippen molar-refractivity contribution in [2.24, 2.45) is 0 Å². The Kier molecular flexibility index (Phi) is 4.62. The number of ether oxygens (including phenoxy) is 1. The van der Waals surface area contributed by atoms with Crippen molar-refractivity contribution in [3.05, 3.63) is 66.4 Å². The van der Waals surface area contributed by atoms with Gasteiger partial charge in [0, 0.05) is 23.6 Å². The van der Waals surface area contributed by atoms with Crippen molar-refractivity contribution in [3.8, 4) is 5.75 Å². The number of carbonyl (C=O) groups is 1. The molecule has 1 aromatic heterocycles. The van der Waals surface area contributed by atoms with Crippen LogP contribution >= 0.6 is 0 Å². The molecule has 4 nitrogen and oxygen atoms in total. The van der Waals surface area contributed by atoms with Crippen LogP contribution in [0.5, 0.6) is 5.75 Å². The van der Waals surface area contributed by atoms with Crippen molar-refractivity contribution in [2.75, 3.05) is 6.61 Å². The van der Waals surface area contributed by atoms with Gasteiger partial charge in [0.15, 0.2) is 0 Å². The lowest BCUT2D eigenvalue weighted by Gasteiger charge is -2.08. The van der Waals surface area contributed by atoms with Crippen LogP contribution in [0.3, 0.4) is 0 Å². The van der Waals surface area contributed by atoms with E-state index in [0.29, 0.717) is 19.7 Å². The van der Waals surface area contributed by atoms with E-state index in [4.69, 9.17) is 4.74 Å². The van der Waals surface area contributed by atoms with Crippen LogP contribution in [0.2, 0.25) is 0 Å². The highest BCUT2D eigenvalue weighted by Gasteiger charge is 2.07. The maximum absolute atomic E-state index is 12.1. The Bertz CT molecular complexity index is 793. The van der Waals surface area contributed by atoms with Gasteiger partial charge in [-0.25, -0.2) is 0 Å². The maximum Gasteiger partial charge on any atom is 0.240 e. The maximum atomic E-state index is 12.1. The first kappa shape index (κ1) is 15.2. The third kappa shape index (κ3) is 3.72. The van der Waals surface area contributed by atoms with Crippen LogP contribution in [0.25, 0.3) is 10.9 Å². The number of rotatable bonds is 6. The molecule has 2 aromatic carbocycles. The molecule has 0 aliphatic heterocycles. The molecular weight excluding hydrogens is 288 g/mol. The summed E-state index contributed by atoms with van der Waals surface area (Å²) in [5, 5.41) is 4.02. The highest BCUT2D eigenvalue weighted by Crippen LogP contribution is 2.22. The molecule has 0 aliphatic rings. The van der Waals surface area contributed by atoms with E-state index in [2.05, 4.69) is 5.32 Å². The summed E-state index contributed by atoms with van der Waals surface area (Å²) in [5.41, 5.74) is 2.13. The summed E-state index contributed by atoms with van der Waals surface area (Å²) < 4.78 is 7.45. The Balaban J connectivity index is 1.65. The predicted octanol–water partition coefficient (Wildman–Crippen LogP) is 3.36. The van der Waals surface area contributed by atoms with Gasteiger partial charge in [0.05, 0.1) is 6.61 Å². The smallest absolute Gasteiger partial charge is 0.240 e. The molecule has 0 fully saturated rings. The van der Waals surface area contributed by atoms with Crippen molar-refractivity contribution in [3.63, 3.8) is 0 Å². The lowest BCUT2D eigenvalue weighted by atomic mass is 10.2. The topological polar surface area (TPSA) is 43.3 Å². The predicted molar refractivity (Wildman–Crippen MR) is 91.4 cm³/mol. The third-order valence-corrected chi connectivity index (χ3v) is 3.70. The van der Waals surface area contributed by atoms with Crippen molar-refractivity contribution in [1.29, 1.82) is 0 Å². The number of aromatic nitrogens is 1. The summed E-state index contributed by atoms with van der Waals surface area (Å²) in [4.78, 5) is 12.1. The van der Waals surface area contributed by atoms with Crippen LogP contribution in [0.1, 0.15) is 12.5 Å². The molecule has 0 saturated heterocycles. The third-order valence-electron chi connectivity index (χ3n) is 3.70. The Labute approximate surface area is 135 Å². The molecule has 1 amide bonds. The van der Waals surface area contributed by atoms with Crippen molar-refractivity contribution in [1.82, 2.24) is 9.88 Å². The minimum atomic E-state index is 0.000220. The van der Waals surface area contributed by atoms with E-state index in [0.717, 1.165) is 22.2 Å². The number of hydrogen-bond acceptors (Lipinski definition) is 2. The molecule has 0 atom stereocenters. The molecule has 0 bridgehead atoms. The molecule has 0 radical (unpaired) electrons. The Morgan fingerprint density at radius 3 is 2.74 bits per heavy atom. The molecule has 0 aliphatic carbocycles. The van der Waals surface area contributed by atoms with E-state index in [9.17, 15) is 4.79 Å². The Morgan fingerprint density at radius 1 is 1.13 bits per heavy atom. The first-order valence-electron chi connectivity index (χ1n) is 7.78. The van der Waals surface area contributed by atoms with Gasteiger partial charge in [-0.3, -0.25) is 4.79 Å². The lowest BCUT2D eigenvalue weighted by Crippen LogP contribution is -2.26. The number of carbonyl (C=O) groups excluding carboxylic acids is 1. The van der Waals surface area contributed by atoms with E-state index >= 15 is 0 Å². The van der Waals surface area contributed by atoms with Gasteiger partial charge >= 0.3 is 0 Å². The SMILES string of the molecule is CCOc1ccc2c(ccn2CC(=O)NCc2ccccc2)c1. The molecule has 0 unspecified atom stereocenters. The molecule has 0 spiro atoms. The first-order valence-corrected chi connectivity index (χ1v) is 7.78. The molecule has 1 heterocycles. The number of hydrogen-bond donors (Lipinski definition) is 1. The van der Waals surface area contributed by atoms with Crippen LogP contribution in [0, 0.1) is 0 Å². The minimum Gasteiger partial charge on any atom is -0.494 e. The zero-order valence-corrected chi connectivity index (χ0v) is 13.2. The molecule has 1 N–H and O–H groups in total. The van der Waals surface area contributed by atoms with E-state index in [1.54, 1.807) is 0 Å². The van der Waals surface area contributed by atoms with Crippen molar-refractivity contribution < 1.29 is 9.53 Å². The van der Waals surface area contributed by atoms with E-state index in [1.807, 2.05) is 72.3 Å². The molecule has 3 rings (SSSR count). The quantitative estimate of drug-likeness (QED) is 0.759. The molecular formula is C19H20N2O2. The van der Waals surface area contributed by atoms with Crippen molar-refractivity contribution >= 4 is 16.8 Å². The number of amides is 1. The molecule has 118 valence electrons. The largest absolute Gasteiger partial charge is 0.494 e. The molecule has 23 heavy (non-hydrogen) atoms. The summed E-state index contributed by atoms with van der Waals surface area (Å²) >= 11 is 0. The summed E-state index contributed by atoms with van der Waals surface area (Å²) in [6.45, 7) is 3.47. The Morgan fingerprint density at radius 2 is 1.96 bits per heavy atom. The molecule has 4 heteroatoms. The van der Waals surface area contributed by atoms with E-state index < -0.39 is 0 Å². The van der Waals surface area contributed by atoms with E-state index in [1.165, 1.54) is 0 Å². The summed E-state index contributed by atoms with van der Waals surface area (Å²) in [7, 11) is 0. The van der Waals surface area contributed by atoms with Gasteiger partial charge in [0.25, 0.3) is 0 Å². The molecule has 3 aromatic rings. The van der Waals surface area contributed by atoms with Gasteiger partial charge in [-0.1, -0.05) is 30.3 Å². The second kappa shape index (κ2) is 7.01. The summed E-state index contributed by atoms with van der Waals surface area (Å²) in [6.07, 6.45) is 1.93. The summed E-state index contributed by atoms with van der Waals surface area (Å²) in [6, 6.07) is 17.8. The number of nitrogens with one attached hydrogen (secondary N) is 1. The zero-order chi connectivity index (χ0) is 16.1. The number of nitrogens with zero attached hydrogens (tertiary/aromatic N) is 1. The fourth-order valence-electron chi connectivity index (χ4n) is 2.58. The van der Waals surface area contributed by atoms with Crippen LogP contribution < -0.4 is 10.1 Å². The highest BCUT2D eigenvalue weighted by atomic mass is 16.5. The fourth-order valence-corrected chi connectivity index (χ4v) is 2.58. The fraction of sp³-hybridized carbons (Fsp3) is 0.211. The van der Waals surface area contributed by atoms with Gasteiger partial charge in [-0.2, -0.15) is 0 Å². The standard InChI is InChI=1S/C19H20N2O2/c1-2-23-17-8-9-18-16(12-17)10-11-21(18)14-19(22)20-13-15-6-4-3-5-7-15/h3-12H,2,13-14H2,1H3,(H,20,22). The second-order valence-electron chi connectivity index (χ2n) is 5.36. The van der Waals surface area contributed by atoms with Crippen LogP contribution in [0.15, 0.2) is 60.8 Å². The van der Waals surface area contributed by atoms with Crippen LogP contribution in [0.4, 0.5) is 0 Å². The normalized spacial score (nSPS) is 10.7. The van der Waals surface area contributed by atoms with Gasteiger partial charge in [-0.15, -0.1) is 0 Å². The lowest BCUT2D eigenvalue weighted by molar-refractivity contribution is -0.121. The van der Waals surface area contributed by atoms with Crippen LogP contribution in [-0.4, -0.2) is 17.1 Å². The average molecular weight is 308 g/mol. The average Bonchev–Trinajstić information content (AvgIpc) is 2.96. The summed E-state index contributed by atoms with van der Waals surface area (Å²) in [5.74, 6) is 0.853. The van der Waals surface area contributed by atoms with Crippen LogP contribution in [-0.2, 0) is 17.9 Å². The Hall–Kier alpha value is -2.75. The van der Waals surface area contributed by atoms with Gasteiger partial charge < -0.3 is 14.6 Å². The second-order valence-corrected chi connectivity index (χ2v) is 5.36. The molecule has 0 saturated carbocycles. The van der Waals surface area contributed by atoms with E-state index in [-0.39, 0.29) is 5.91 Å². The van der Waals surface area contributed by atoms with Crippen molar-refractivity contribution in [2.45, 2.75) is 20.0 Å².